The zero-order valence-electron chi connectivity index (χ0n) is 12.8. The summed E-state index contributed by atoms with van der Waals surface area (Å²) in [7, 11) is 1.79. The molecule has 6 nitrogen and oxygen atoms in total. The Morgan fingerprint density at radius 3 is 2.86 bits per heavy atom. The topological polar surface area (TPSA) is 60.0 Å². The SMILES string of the molecule is CN(Cc1ccc2c(c1)OCCO2)C(=O)NCC1CCOC1. The monoisotopic (exact) mass is 306 g/mol. The van der Waals surface area contributed by atoms with Gasteiger partial charge >= 0.3 is 6.03 Å². The second kappa shape index (κ2) is 6.87. The van der Waals surface area contributed by atoms with Gasteiger partial charge in [-0.15, -0.1) is 0 Å². The number of benzene rings is 1. The summed E-state index contributed by atoms with van der Waals surface area (Å²) in [5.74, 6) is 1.95. The molecule has 1 fully saturated rings. The lowest BCUT2D eigenvalue weighted by Gasteiger charge is -2.22. The number of nitrogens with one attached hydrogen (secondary N) is 1. The number of rotatable bonds is 4. The van der Waals surface area contributed by atoms with Gasteiger partial charge in [-0.3, -0.25) is 0 Å². The molecule has 0 saturated carbocycles. The molecule has 0 aromatic heterocycles. The Bertz CT molecular complexity index is 529. The minimum Gasteiger partial charge on any atom is -0.486 e. The Morgan fingerprint density at radius 1 is 1.27 bits per heavy atom. The molecule has 22 heavy (non-hydrogen) atoms. The highest BCUT2D eigenvalue weighted by Gasteiger charge is 2.18. The Hall–Kier alpha value is -1.95. The standard InChI is InChI=1S/C16H22N2O4/c1-18(16(19)17-9-13-4-5-20-11-13)10-12-2-3-14-15(8-12)22-7-6-21-14/h2-3,8,13H,4-7,9-11H2,1H3,(H,17,19). The lowest BCUT2D eigenvalue weighted by molar-refractivity contribution is 0.171. The Kier molecular flexibility index (Phi) is 4.68. The minimum atomic E-state index is -0.0678. The molecule has 2 aliphatic rings. The predicted molar refractivity (Wildman–Crippen MR) is 81.2 cm³/mol. The molecule has 2 heterocycles. The number of ether oxygens (including phenoxy) is 3. The van der Waals surface area contributed by atoms with Gasteiger partial charge in [0.05, 0.1) is 6.61 Å². The van der Waals surface area contributed by atoms with Crippen molar-refractivity contribution in [1.29, 1.82) is 0 Å². The molecule has 1 aromatic rings. The summed E-state index contributed by atoms with van der Waals surface area (Å²) in [6.07, 6.45) is 1.02. The number of hydrogen-bond acceptors (Lipinski definition) is 4. The van der Waals surface area contributed by atoms with Gasteiger partial charge in [-0.25, -0.2) is 4.79 Å². The maximum Gasteiger partial charge on any atom is 0.317 e. The highest BCUT2D eigenvalue weighted by atomic mass is 16.6. The van der Waals surface area contributed by atoms with Gasteiger partial charge in [0.2, 0.25) is 0 Å². The minimum absolute atomic E-state index is 0.0678. The summed E-state index contributed by atoms with van der Waals surface area (Å²) in [4.78, 5) is 13.8. The molecule has 6 heteroatoms. The molecule has 120 valence electrons. The van der Waals surface area contributed by atoms with Gasteiger partial charge in [0, 0.05) is 32.7 Å². The summed E-state index contributed by atoms with van der Waals surface area (Å²) >= 11 is 0. The van der Waals surface area contributed by atoms with Crippen molar-refractivity contribution >= 4 is 6.03 Å². The summed E-state index contributed by atoms with van der Waals surface area (Å²) in [6.45, 7) is 3.89. The van der Waals surface area contributed by atoms with Crippen molar-refractivity contribution in [2.75, 3.05) is 40.0 Å². The Morgan fingerprint density at radius 2 is 2.09 bits per heavy atom. The molecule has 0 aliphatic carbocycles. The number of urea groups is 1. The maximum absolute atomic E-state index is 12.1. The zero-order valence-corrected chi connectivity index (χ0v) is 12.8. The average molecular weight is 306 g/mol. The molecule has 1 N–H and O–H groups in total. The van der Waals surface area contributed by atoms with Crippen molar-refractivity contribution in [3.63, 3.8) is 0 Å². The predicted octanol–water partition coefficient (Wildman–Crippen LogP) is 1.64. The molecular formula is C16H22N2O4. The van der Waals surface area contributed by atoms with Crippen molar-refractivity contribution in [3.8, 4) is 11.5 Å². The number of carbonyl (C=O) groups excluding carboxylic acids is 1. The van der Waals surface area contributed by atoms with Crippen molar-refractivity contribution in [2.24, 2.45) is 5.92 Å². The summed E-state index contributed by atoms with van der Waals surface area (Å²) in [5, 5.41) is 2.96. The smallest absolute Gasteiger partial charge is 0.317 e. The normalized spacial score (nSPS) is 19.8. The third-order valence-corrected chi connectivity index (χ3v) is 3.94. The van der Waals surface area contributed by atoms with E-state index in [1.54, 1.807) is 11.9 Å². The van der Waals surface area contributed by atoms with E-state index in [0.29, 0.717) is 32.2 Å². The number of hydrogen-bond donors (Lipinski definition) is 1. The fourth-order valence-electron chi connectivity index (χ4n) is 2.64. The van der Waals surface area contributed by atoms with Crippen LogP contribution in [0.5, 0.6) is 11.5 Å². The zero-order chi connectivity index (χ0) is 15.4. The highest BCUT2D eigenvalue weighted by Crippen LogP contribution is 2.31. The van der Waals surface area contributed by atoms with E-state index in [0.717, 1.165) is 36.7 Å². The van der Waals surface area contributed by atoms with Crippen LogP contribution in [0.25, 0.3) is 0 Å². The van der Waals surface area contributed by atoms with Gasteiger partial charge in [0.25, 0.3) is 0 Å². The first-order valence-corrected chi connectivity index (χ1v) is 7.67. The van der Waals surface area contributed by atoms with Crippen LogP contribution in [0.3, 0.4) is 0 Å². The van der Waals surface area contributed by atoms with Crippen LogP contribution in [-0.2, 0) is 11.3 Å². The molecule has 1 aromatic carbocycles. The molecule has 1 saturated heterocycles. The number of amides is 2. The molecule has 2 aliphatic heterocycles. The Balaban J connectivity index is 1.51. The van der Waals surface area contributed by atoms with E-state index in [1.807, 2.05) is 18.2 Å². The van der Waals surface area contributed by atoms with E-state index < -0.39 is 0 Å². The van der Waals surface area contributed by atoms with Crippen molar-refractivity contribution in [3.05, 3.63) is 23.8 Å². The molecule has 1 atom stereocenters. The van der Waals surface area contributed by atoms with E-state index in [2.05, 4.69) is 5.32 Å². The molecule has 0 spiro atoms. The first kappa shape index (κ1) is 15.0. The molecule has 1 unspecified atom stereocenters. The summed E-state index contributed by atoms with van der Waals surface area (Å²) in [5.41, 5.74) is 1.02. The largest absolute Gasteiger partial charge is 0.486 e. The van der Waals surface area contributed by atoms with Gasteiger partial charge in [0.1, 0.15) is 13.2 Å². The molecular weight excluding hydrogens is 284 g/mol. The lowest BCUT2D eigenvalue weighted by Crippen LogP contribution is -2.39. The fraction of sp³-hybridized carbons (Fsp3) is 0.562. The van der Waals surface area contributed by atoms with Crippen LogP contribution in [0.15, 0.2) is 18.2 Å². The quantitative estimate of drug-likeness (QED) is 0.918. The van der Waals surface area contributed by atoms with E-state index in [1.165, 1.54) is 0 Å². The second-order valence-electron chi connectivity index (χ2n) is 5.75. The van der Waals surface area contributed by atoms with Crippen LogP contribution in [0.4, 0.5) is 4.79 Å². The van der Waals surface area contributed by atoms with Crippen molar-refractivity contribution in [2.45, 2.75) is 13.0 Å². The average Bonchev–Trinajstić information content (AvgIpc) is 3.06. The second-order valence-corrected chi connectivity index (χ2v) is 5.75. The van der Waals surface area contributed by atoms with Gasteiger partial charge in [0.15, 0.2) is 11.5 Å². The van der Waals surface area contributed by atoms with Crippen LogP contribution in [-0.4, -0.2) is 51.0 Å². The van der Waals surface area contributed by atoms with E-state index in [4.69, 9.17) is 14.2 Å². The van der Waals surface area contributed by atoms with Crippen LogP contribution in [0.1, 0.15) is 12.0 Å². The van der Waals surface area contributed by atoms with E-state index >= 15 is 0 Å². The number of nitrogens with zero attached hydrogens (tertiary/aromatic N) is 1. The molecule has 2 amide bonds. The van der Waals surface area contributed by atoms with Gasteiger partial charge < -0.3 is 24.4 Å². The van der Waals surface area contributed by atoms with Gasteiger partial charge in [-0.05, 0) is 24.1 Å². The van der Waals surface area contributed by atoms with Crippen LogP contribution in [0.2, 0.25) is 0 Å². The summed E-state index contributed by atoms with van der Waals surface area (Å²) < 4.78 is 16.4. The number of carbonyl (C=O) groups is 1. The third-order valence-electron chi connectivity index (χ3n) is 3.94. The van der Waals surface area contributed by atoms with Crippen LogP contribution >= 0.6 is 0 Å². The Labute approximate surface area is 130 Å². The van der Waals surface area contributed by atoms with Gasteiger partial charge in [-0.1, -0.05) is 6.07 Å². The molecule has 3 rings (SSSR count). The molecule has 0 bridgehead atoms. The first-order chi connectivity index (χ1) is 10.7. The van der Waals surface area contributed by atoms with Crippen molar-refractivity contribution < 1.29 is 19.0 Å². The third kappa shape index (κ3) is 3.62. The highest BCUT2D eigenvalue weighted by molar-refractivity contribution is 5.73. The summed E-state index contributed by atoms with van der Waals surface area (Å²) in [6, 6.07) is 5.72. The molecule has 0 radical (unpaired) electrons. The number of fused-ring (bicyclic) bond motifs is 1. The lowest BCUT2D eigenvalue weighted by atomic mass is 10.1. The van der Waals surface area contributed by atoms with E-state index in [-0.39, 0.29) is 6.03 Å². The van der Waals surface area contributed by atoms with Crippen LogP contribution in [0, 0.1) is 5.92 Å². The van der Waals surface area contributed by atoms with Gasteiger partial charge in [-0.2, -0.15) is 0 Å². The fourth-order valence-corrected chi connectivity index (χ4v) is 2.64. The van der Waals surface area contributed by atoms with E-state index in [9.17, 15) is 4.79 Å². The van der Waals surface area contributed by atoms with Crippen molar-refractivity contribution in [1.82, 2.24) is 10.2 Å². The van der Waals surface area contributed by atoms with Crippen LogP contribution < -0.4 is 14.8 Å². The maximum atomic E-state index is 12.1. The first-order valence-electron chi connectivity index (χ1n) is 7.67.